The SMILES string of the molecule is CC(C)C(=O)Nc1cc(C(=O)CCCOc2ccc3cc(OCC(F)(F)F)ccc3c2)ccn1. The second-order valence-electron chi connectivity index (χ2n) is 8.02. The van der Waals surface area contributed by atoms with Crippen LogP contribution in [0.4, 0.5) is 19.0 Å². The molecular weight excluding hydrogens is 449 g/mol. The first-order valence-electron chi connectivity index (χ1n) is 10.8. The van der Waals surface area contributed by atoms with Crippen LogP contribution in [0.25, 0.3) is 10.8 Å². The van der Waals surface area contributed by atoms with Crippen LogP contribution in [0.3, 0.4) is 0 Å². The van der Waals surface area contributed by atoms with Crippen LogP contribution in [-0.2, 0) is 4.79 Å². The Hall–Kier alpha value is -3.62. The van der Waals surface area contributed by atoms with Crippen molar-refractivity contribution in [3.05, 3.63) is 60.3 Å². The van der Waals surface area contributed by atoms with Crippen LogP contribution >= 0.6 is 0 Å². The highest BCUT2D eigenvalue weighted by atomic mass is 19.4. The first kappa shape index (κ1) is 25.0. The molecule has 0 unspecified atom stereocenters. The Kier molecular flexibility index (Phi) is 8.09. The van der Waals surface area contributed by atoms with Gasteiger partial charge in [-0.05, 0) is 53.6 Å². The highest BCUT2D eigenvalue weighted by Crippen LogP contribution is 2.26. The fraction of sp³-hybridized carbons (Fsp3) is 0.320. The Labute approximate surface area is 195 Å². The molecule has 34 heavy (non-hydrogen) atoms. The Morgan fingerprint density at radius 1 is 0.971 bits per heavy atom. The molecular formula is C25H25F3N2O4. The molecule has 180 valence electrons. The molecule has 0 aliphatic carbocycles. The van der Waals surface area contributed by atoms with Gasteiger partial charge in [0.2, 0.25) is 5.91 Å². The van der Waals surface area contributed by atoms with Crippen LogP contribution < -0.4 is 14.8 Å². The standard InChI is InChI=1S/C25H25F3N2O4/c1-16(2)24(32)30-23-14-19(9-10-29-23)22(31)4-3-11-33-20-7-5-18-13-21(8-6-17(18)12-20)34-15-25(26,27)28/h5-10,12-14,16H,3-4,11,15H2,1-2H3,(H,29,30,32). The van der Waals surface area contributed by atoms with Gasteiger partial charge in [-0.3, -0.25) is 9.59 Å². The van der Waals surface area contributed by atoms with Crippen molar-refractivity contribution in [1.29, 1.82) is 0 Å². The number of aromatic nitrogens is 1. The molecule has 0 radical (unpaired) electrons. The van der Waals surface area contributed by atoms with Crippen LogP contribution in [0.5, 0.6) is 11.5 Å². The molecule has 0 atom stereocenters. The van der Waals surface area contributed by atoms with Gasteiger partial charge in [-0.25, -0.2) is 4.98 Å². The lowest BCUT2D eigenvalue weighted by molar-refractivity contribution is -0.153. The third-order valence-corrected chi connectivity index (χ3v) is 4.86. The fourth-order valence-corrected chi connectivity index (χ4v) is 3.06. The number of nitrogens with one attached hydrogen (secondary N) is 1. The van der Waals surface area contributed by atoms with Gasteiger partial charge in [0.25, 0.3) is 0 Å². The minimum absolute atomic E-state index is 0.0871. The zero-order valence-electron chi connectivity index (χ0n) is 18.8. The van der Waals surface area contributed by atoms with Gasteiger partial charge in [-0.2, -0.15) is 13.2 Å². The van der Waals surface area contributed by atoms with Crippen molar-refractivity contribution in [3.8, 4) is 11.5 Å². The molecule has 0 saturated heterocycles. The van der Waals surface area contributed by atoms with E-state index in [1.807, 2.05) is 0 Å². The Balaban J connectivity index is 1.50. The van der Waals surface area contributed by atoms with Gasteiger partial charge in [0.05, 0.1) is 6.61 Å². The van der Waals surface area contributed by atoms with E-state index in [2.05, 4.69) is 10.3 Å². The van der Waals surface area contributed by atoms with E-state index in [4.69, 9.17) is 9.47 Å². The zero-order chi connectivity index (χ0) is 24.7. The van der Waals surface area contributed by atoms with Crippen molar-refractivity contribution < 1.29 is 32.2 Å². The highest BCUT2D eigenvalue weighted by Gasteiger charge is 2.28. The van der Waals surface area contributed by atoms with Gasteiger partial charge in [0.1, 0.15) is 17.3 Å². The van der Waals surface area contributed by atoms with Crippen LogP contribution in [0, 0.1) is 5.92 Å². The molecule has 6 nitrogen and oxygen atoms in total. The monoisotopic (exact) mass is 474 g/mol. The number of hydrogen-bond donors (Lipinski definition) is 1. The van der Waals surface area contributed by atoms with Crippen LogP contribution in [0.2, 0.25) is 0 Å². The lowest BCUT2D eigenvalue weighted by atomic mass is 10.1. The van der Waals surface area contributed by atoms with Gasteiger partial charge < -0.3 is 14.8 Å². The Bertz CT molecular complexity index is 1160. The fourth-order valence-electron chi connectivity index (χ4n) is 3.06. The summed E-state index contributed by atoms with van der Waals surface area (Å²) in [6.45, 7) is 2.51. The average Bonchev–Trinajstić information content (AvgIpc) is 2.79. The van der Waals surface area contributed by atoms with Gasteiger partial charge in [0.15, 0.2) is 12.4 Å². The Morgan fingerprint density at radius 3 is 2.24 bits per heavy atom. The summed E-state index contributed by atoms with van der Waals surface area (Å²) in [5, 5.41) is 4.19. The molecule has 0 aliphatic heterocycles. The van der Waals surface area contributed by atoms with E-state index in [1.54, 1.807) is 50.2 Å². The first-order valence-corrected chi connectivity index (χ1v) is 10.8. The number of pyridine rings is 1. The van der Waals surface area contributed by atoms with Crippen molar-refractivity contribution in [3.63, 3.8) is 0 Å². The average molecular weight is 474 g/mol. The van der Waals surface area contributed by atoms with Gasteiger partial charge >= 0.3 is 6.18 Å². The quantitative estimate of drug-likeness (QED) is 0.296. The first-order chi connectivity index (χ1) is 16.1. The number of fused-ring (bicyclic) bond motifs is 1. The summed E-state index contributed by atoms with van der Waals surface area (Å²) in [6.07, 6.45) is -2.17. The molecule has 0 bridgehead atoms. The van der Waals surface area contributed by atoms with Crippen molar-refractivity contribution in [2.75, 3.05) is 18.5 Å². The topological polar surface area (TPSA) is 77.5 Å². The summed E-state index contributed by atoms with van der Waals surface area (Å²) >= 11 is 0. The minimum atomic E-state index is -4.39. The molecule has 0 aliphatic rings. The van der Waals surface area contributed by atoms with Crippen LogP contribution in [0.1, 0.15) is 37.0 Å². The molecule has 1 N–H and O–H groups in total. The highest BCUT2D eigenvalue weighted by molar-refractivity contribution is 5.98. The maximum absolute atomic E-state index is 12.5. The predicted molar refractivity (Wildman–Crippen MR) is 122 cm³/mol. The van der Waals surface area contributed by atoms with Gasteiger partial charge in [-0.15, -0.1) is 0 Å². The second kappa shape index (κ2) is 11.0. The predicted octanol–water partition coefficient (Wildman–Crippen LogP) is 5.81. The molecule has 1 amide bonds. The number of amides is 1. The normalized spacial score (nSPS) is 11.5. The van der Waals surface area contributed by atoms with E-state index in [1.165, 1.54) is 18.3 Å². The van der Waals surface area contributed by atoms with Crippen molar-refractivity contribution in [1.82, 2.24) is 4.98 Å². The number of nitrogens with zero attached hydrogens (tertiary/aromatic N) is 1. The second-order valence-corrected chi connectivity index (χ2v) is 8.02. The summed E-state index contributed by atoms with van der Waals surface area (Å²) < 4.78 is 47.4. The van der Waals surface area contributed by atoms with Crippen LogP contribution in [0.15, 0.2) is 54.7 Å². The van der Waals surface area contributed by atoms with E-state index < -0.39 is 12.8 Å². The Morgan fingerprint density at radius 2 is 1.62 bits per heavy atom. The number of Topliss-reactive ketones (excluding diaryl/α,β-unsaturated/α-hetero) is 1. The molecule has 1 heterocycles. The van der Waals surface area contributed by atoms with E-state index in [0.717, 1.165) is 10.8 Å². The van der Waals surface area contributed by atoms with Crippen molar-refractivity contribution in [2.45, 2.75) is 32.9 Å². The van der Waals surface area contributed by atoms with E-state index in [-0.39, 0.29) is 29.8 Å². The van der Waals surface area contributed by atoms with Gasteiger partial charge in [0, 0.05) is 24.1 Å². The summed E-state index contributed by atoms with van der Waals surface area (Å²) in [6, 6.07) is 13.1. The van der Waals surface area contributed by atoms with Crippen molar-refractivity contribution >= 4 is 28.3 Å². The number of hydrogen-bond acceptors (Lipinski definition) is 5. The van der Waals surface area contributed by atoms with Crippen molar-refractivity contribution in [2.24, 2.45) is 5.92 Å². The molecule has 9 heteroatoms. The number of alkyl halides is 3. The lowest BCUT2D eigenvalue weighted by Crippen LogP contribution is -2.19. The molecule has 3 rings (SSSR count). The number of ketones is 1. The van der Waals surface area contributed by atoms with E-state index >= 15 is 0 Å². The number of halogens is 3. The third kappa shape index (κ3) is 7.47. The third-order valence-electron chi connectivity index (χ3n) is 4.86. The molecule has 0 fully saturated rings. The van der Waals surface area contributed by atoms with E-state index in [9.17, 15) is 22.8 Å². The molecule has 0 saturated carbocycles. The molecule has 0 spiro atoms. The number of rotatable bonds is 10. The van der Waals surface area contributed by atoms with Crippen LogP contribution in [-0.4, -0.2) is 36.1 Å². The number of carbonyl (C=O) groups excluding carboxylic acids is 2. The lowest BCUT2D eigenvalue weighted by Gasteiger charge is -2.11. The summed E-state index contributed by atoms with van der Waals surface area (Å²) in [5.74, 6) is 0.607. The number of ether oxygens (including phenoxy) is 2. The maximum Gasteiger partial charge on any atom is 0.422 e. The minimum Gasteiger partial charge on any atom is -0.494 e. The summed E-state index contributed by atoms with van der Waals surface area (Å²) in [5.41, 5.74) is 0.461. The van der Waals surface area contributed by atoms with Gasteiger partial charge in [-0.1, -0.05) is 26.0 Å². The molecule has 2 aromatic carbocycles. The number of benzene rings is 2. The largest absolute Gasteiger partial charge is 0.494 e. The number of carbonyl (C=O) groups is 2. The summed E-state index contributed by atoms with van der Waals surface area (Å²) in [4.78, 5) is 28.3. The number of anilines is 1. The maximum atomic E-state index is 12.5. The molecule has 1 aromatic heterocycles. The summed E-state index contributed by atoms with van der Waals surface area (Å²) in [7, 11) is 0. The zero-order valence-corrected chi connectivity index (χ0v) is 18.8. The smallest absolute Gasteiger partial charge is 0.422 e. The van der Waals surface area contributed by atoms with E-state index in [0.29, 0.717) is 30.2 Å². The molecule has 3 aromatic rings.